The first-order valence-corrected chi connectivity index (χ1v) is 7.40. The standard InChI is InChI=1S/C17H16N6O2/c1-9-2-5-11(6-3-9)23-14(24)12-7-4-10(8-13(12)15(23)25)21-17(20)22-16(18)19/h2-8H,1H3,(H6,18,19,20,21,22). The molecule has 0 saturated heterocycles. The third-order valence-electron chi connectivity index (χ3n) is 3.65. The van der Waals surface area contributed by atoms with Gasteiger partial charge >= 0.3 is 0 Å². The molecule has 0 aliphatic carbocycles. The van der Waals surface area contributed by atoms with Crippen LogP contribution in [0.15, 0.2) is 52.4 Å². The maximum absolute atomic E-state index is 12.7. The molecular weight excluding hydrogens is 320 g/mol. The monoisotopic (exact) mass is 336 g/mol. The molecule has 3 rings (SSSR count). The Hall–Kier alpha value is -3.68. The van der Waals surface area contributed by atoms with Crippen LogP contribution >= 0.6 is 0 Å². The Kier molecular flexibility index (Phi) is 3.94. The molecule has 126 valence electrons. The first-order valence-electron chi connectivity index (χ1n) is 7.40. The van der Waals surface area contributed by atoms with Gasteiger partial charge in [0.1, 0.15) is 0 Å². The van der Waals surface area contributed by atoms with E-state index in [1.165, 1.54) is 12.1 Å². The Bertz CT molecular complexity index is 927. The number of amides is 2. The molecule has 8 heteroatoms. The summed E-state index contributed by atoms with van der Waals surface area (Å²) in [6, 6.07) is 11.7. The van der Waals surface area contributed by atoms with Crippen molar-refractivity contribution in [1.29, 1.82) is 0 Å². The van der Waals surface area contributed by atoms with Crippen molar-refractivity contribution in [2.45, 2.75) is 6.92 Å². The number of hydrogen-bond donors (Lipinski definition) is 3. The molecule has 0 saturated carbocycles. The number of aliphatic imine (C=N–C) groups is 2. The number of rotatable bonds is 2. The molecule has 1 aliphatic heterocycles. The molecule has 2 aromatic carbocycles. The molecule has 1 aliphatic rings. The minimum atomic E-state index is -0.415. The molecule has 0 aromatic heterocycles. The number of carbonyl (C=O) groups excluding carboxylic acids is 2. The second kappa shape index (κ2) is 6.08. The van der Waals surface area contributed by atoms with Gasteiger partial charge in [0.15, 0.2) is 5.96 Å². The number of guanidine groups is 2. The second-order valence-electron chi connectivity index (χ2n) is 5.52. The van der Waals surface area contributed by atoms with Crippen LogP contribution in [-0.2, 0) is 0 Å². The Balaban J connectivity index is 1.98. The molecule has 2 amide bonds. The first-order chi connectivity index (χ1) is 11.9. The summed E-state index contributed by atoms with van der Waals surface area (Å²) in [5.41, 5.74) is 18.5. The van der Waals surface area contributed by atoms with E-state index in [4.69, 9.17) is 17.2 Å². The fraction of sp³-hybridized carbons (Fsp3) is 0.0588. The van der Waals surface area contributed by atoms with E-state index in [-0.39, 0.29) is 23.4 Å². The predicted octanol–water partition coefficient (Wildman–Crippen LogP) is 1.02. The molecule has 25 heavy (non-hydrogen) atoms. The van der Waals surface area contributed by atoms with Gasteiger partial charge in [-0.2, -0.15) is 4.99 Å². The summed E-state index contributed by atoms with van der Waals surface area (Å²) >= 11 is 0. The van der Waals surface area contributed by atoms with E-state index >= 15 is 0 Å². The summed E-state index contributed by atoms with van der Waals surface area (Å²) in [5.74, 6) is -1.16. The Morgan fingerprint density at radius 3 is 2.20 bits per heavy atom. The van der Waals surface area contributed by atoms with Crippen molar-refractivity contribution >= 4 is 35.1 Å². The quantitative estimate of drug-likeness (QED) is 0.426. The van der Waals surface area contributed by atoms with Crippen LogP contribution in [0.25, 0.3) is 0 Å². The number of carbonyl (C=O) groups is 2. The normalized spacial score (nSPS) is 13.8. The largest absolute Gasteiger partial charge is 0.370 e. The topological polar surface area (TPSA) is 140 Å². The van der Waals surface area contributed by atoms with Gasteiger partial charge in [-0.25, -0.2) is 9.89 Å². The number of nitrogens with zero attached hydrogens (tertiary/aromatic N) is 3. The highest BCUT2D eigenvalue weighted by molar-refractivity contribution is 6.34. The molecule has 0 radical (unpaired) electrons. The zero-order valence-corrected chi connectivity index (χ0v) is 13.4. The summed E-state index contributed by atoms with van der Waals surface area (Å²) in [6.45, 7) is 1.93. The van der Waals surface area contributed by atoms with Gasteiger partial charge in [0.2, 0.25) is 5.96 Å². The number of anilines is 1. The lowest BCUT2D eigenvalue weighted by molar-refractivity contribution is 0.0926. The van der Waals surface area contributed by atoms with Crippen LogP contribution < -0.4 is 22.1 Å². The molecule has 6 N–H and O–H groups in total. The van der Waals surface area contributed by atoms with Crippen LogP contribution in [0.3, 0.4) is 0 Å². The SMILES string of the molecule is Cc1ccc(N2C(=O)c3ccc(N=C(N)N=C(N)N)cc3C2=O)cc1. The number of nitrogens with two attached hydrogens (primary N) is 3. The molecule has 1 heterocycles. The average molecular weight is 336 g/mol. The summed E-state index contributed by atoms with van der Waals surface area (Å²) in [7, 11) is 0. The van der Waals surface area contributed by atoms with E-state index in [2.05, 4.69) is 9.98 Å². The molecular formula is C17H16N6O2. The van der Waals surface area contributed by atoms with Gasteiger partial charge in [0, 0.05) is 0 Å². The van der Waals surface area contributed by atoms with Crippen LogP contribution in [0, 0.1) is 6.92 Å². The van der Waals surface area contributed by atoms with Crippen LogP contribution in [0.5, 0.6) is 0 Å². The van der Waals surface area contributed by atoms with E-state index in [0.717, 1.165) is 10.5 Å². The molecule has 2 aromatic rings. The van der Waals surface area contributed by atoms with E-state index in [1.54, 1.807) is 18.2 Å². The van der Waals surface area contributed by atoms with Gasteiger partial charge in [-0.3, -0.25) is 9.59 Å². The summed E-state index contributed by atoms with van der Waals surface area (Å²) in [6.07, 6.45) is 0. The number of hydrogen-bond acceptors (Lipinski definition) is 3. The Morgan fingerprint density at radius 2 is 1.56 bits per heavy atom. The maximum atomic E-state index is 12.7. The highest BCUT2D eigenvalue weighted by atomic mass is 16.2. The van der Waals surface area contributed by atoms with Crippen molar-refractivity contribution in [3.05, 3.63) is 59.2 Å². The fourth-order valence-electron chi connectivity index (χ4n) is 2.52. The number of imide groups is 1. The van der Waals surface area contributed by atoms with Gasteiger partial charge < -0.3 is 17.2 Å². The zero-order chi connectivity index (χ0) is 18.1. The lowest BCUT2D eigenvalue weighted by atomic mass is 10.1. The van der Waals surface area contributed by atoms with Crippen molar-refractivity contribution in [2.75, 3.05) is 4.90 Å². The fourth-order valence-corrected chi connectivity index (χ4v) is 2.52. The number of aryl methyl sites for hydroxylation is 1. The minimum Gasteiger partial charge on any atom is -0.370 e. The van der Waals surface area contributed by atoms with Crippen molar-refractivity contribution in [2.24, 2.45) is 27.2 Å². The molecule has 0 bridgehead atoms. The van der Waals surface area contributed by atoms with Gasteiger partial charge in [0.25, 0.3) is 11.8 Å². The Labute approximate surface area is 143 Å². The van der Waals surface area contributed by atoms with Gasteiger partial charge in [-0.1, -0.05) is 17.7 Å². The van der Waals surface area contributed by atoms with Crippen LogP contribution in [-0.4, -0.2) is 23.7 Å². The highest BCUT2D eigenvalue weighted by Crippen LogP contribution is 2.31. The maximum Gasteiger partial charge on any atom is 0.266 e. The summed E-state index contributed by atoms with van der Waals surface area (Å²) in [4.78, 5) is 34.0. The predicted molar refractivity (Wildman–Crippen MR) is 95.9 cm³/mol. The Morgan fingerprint density at radius 1 is 0.920 bits per heavy atom. The third-order valence-corrected chi connectivity index (χ3v) is 3.65. The molecule has 0 spiro atoms. The number of fused-ring (bicyclic) bond motifs is 1. The van der Waals surface area contributed by atoms with Crippen LogP contribution in [0.2, 0.25) is 0 Å². The van der Waals surface area contributed by atoms with E-state index in [0.29, 0.717) is 16.9 Å². The summed E-state index contributed by atoms with van der Waals surface area (Å²) in [5, 5.41) is 0. The van der Waals surface area contributed by atoms with Crippen molar-refractivity contribution < 1.29 is 9.59 Å². The lowest BCUT2D eigenvalue weighted by Gasteiger charge is -2.13. The van der Waals surface area contributed by atoms with Gasteiger partial charge in [0.05, 0.1) is 22.5 Å². The minimum absolute atomic E-state index is 0.146. The average Bonchev–Trinajstić information content (AvgIpc) is 2.79. The van der Waals surface area contributed by atoms with E-state index in [9.17, 15) is 9.59 Å². The van der Waals surface area contributed by atoms with E-state index in [1.807, 2.05) is 19.1 Å². The summed E-state index contributed by atoms with van der Waals surface area (Å²) < 4.78 is 0. The lowest BCUT2D eigenvalue weighted by Crippen LogP contribution is -2.29. The second-order valence-corrected chi connectivity index (χ2v) is 5.52. The van der Waals surface area contributed by atoms with Gasteiger partial charge in [-0.05, 0) is 37.3 Å². The van der Waals surface area contributed by atoms with Crippen molar-refractivity contribution in [3.8, 4) is 0 Å². The number of benzene rings is 2. The van der Waals surface area contributed by atoms with Crippen molar-refractivity contribution in [3.63, 3.8) is 0 Å². The molecule has 0 atom stereocenters. The van der Waals surface area contributed by atoms with E-state index < -0.39 is 5.91 Å². The van der Waals surface area contributed by atoms with Gasteiger partial charge in [-0.15, -0.1) is 0 Å². The van der Waals surface area contributed by atoms with Crippen LogP contribution in [0.4, 0.5) is 11.4 Å². The third kappa shape index (κ3) is 3.05. The molecule has 0 fully saturated rings. The smallest absolute Gasteiger partial charge is 0.266 e. The van der Waals surface area contributed by atoms with Crippen molar-refractivity contribution in [1.82, 2.24) is 0 Å². The van der Waals surface area contributed by atoms with Crippen LogP contribution in [0.1, 0.15) is 26.3 Å². The molecule has 0 unspecified atom stereocenters. The zero-order valence-electron chi connectivity index (χ0n) is 13.4. The highest BCUT2D eigenvalue weighted by Gasteiger charge is 2.36. The molecule has 8 nitrogen and oxygen atoms in total. The first kappa shape index (κ1) is 16.2.